The smallest absolute Gasteiger partial charge is 0.159 e. The molecule has 2 unspecified atom stereocenters. The van der Waals surface area contributed by atoms with Crippen LogP contribution < -0.4 is 5.73 Å². The molecule has 4 heteroatoms. The van der Waals surface area contributed by atoms with Crippen LogP contribution in [0.15, 0.2) is 18.2 Å². The molecule has 100 valence electrons. The van der Waals surface area contributed by atoms with Gasteiger partial charge in [-0.25, -0.2) is 8.78 Å². The Labute approximate surface area is 107 Å². The second kappa shape index (κ2) is 4.59. The quantitative estimate of drug-likeness (QED) is 0.835. The molecule has 2 nitrogen and oxygen atoms in total. The fourth-order valence-electron chi connectivity index (χ4n) is 2.69. The van der Waals surface area contributed by atoms with E-state index in [1.165, 1.54) is 12.1 Å². The van der Waals surface area contributed by atoms with Gasteiger partial charge in [-0.15, -0.1) is 0 Å². The summed E-state index contributed by atoms with van der Waals surface area (Å²) in [5.74, 6) is -1.62. The van der Waals surface area contributed by atoms with E-state index in [-0.39, 0.29) is 17.6 Å². The predicted molar refractivity (Wildman–Crippen MR) is 68.2 cm³/mol. The molecule has 1 heterocycles. The molecule has 1 aromatic rings. The Bertz CT molecular complexity index is 440. The highest BCUT2D eigenvalue weighted by atomic mass is 19.2. The second-order valence-electron chi connectivity index (χ2n) is 5.94. The third kappa shape index (κ3) is 2.40. The van der Waals surface area contributed by atoms with Crippen LogP contribution in [0.25, 0.3) is 0 Å². The maximum atomic E-state index is 13.3. The molecule has 1 aliphatic rings. The number of benzene rings is 1. The zero-order chi connectivity index (χ0) is 13.5. The first kappa shape index (κ1) is 13.4. The van der Waals surface area contributed by atoms with Crippen molar-refractivity contribution in [1.82, 2.24) is 4.90 Å². The van der Waals surface area contributed by atoms with Gasteiger partial charge < -0.3 is 5.73 Å². The average Bonchev–Trinajstić information content (AvgIpc) is 2.64. The zero-order valence-corrected chi connectivity index (χ0v) is 11.1. The largest absolute Gasteiger partial charge is 0.326 e. The Morgan fingerprint density at radius 2 is 1.89 bits per heavy atom. The van der Waals surface area contributed by atoms with Crippen LogP contribution in [0.1, 0.15) is 38.8 Å². The van der Waals surface area contributed by atoms with E-state index < -0.39 is 11.6 Å². The number of rotatable bonds is 1. The molecular formula is C14H20F2N2. The van der Waals surface area contributed by atoms with Crippen molar-refractivity contribution < 1.29 is 8.78 Å². The van der Waals surface area contributed by atoms with Gasteiger partial charge in [0.2, 0.25) is 0 Å². The number of hydrogen-bond acceptors (Lipinski definition) is 2. The molecule has 0 amide bonds. The summed E-state index contributed by atoms with van der Waals surface area (Å²) in [5, 5.41) is 0. The van der Waals surface area contributed by atoms with Gasteiger partial charge in [0, 0.05) is 18.1 Å². The van der Waals surface area contributed by atoms with Crippen LogP contribution in [0.5, 0.6) is 0 Å². The summed E-state index contributed by atoms with van der Waals surface area (Å²) in [6.07, 6.45) is 0.876. The van der Waals surface area contributed by atoms with E-state index in [9.17, 15) is 8.78 Å². The summed E-state index contributed by atoms with van der Waals surface area (Å²) in [5.41, 5.74) is 6.85. The van der Waals surface area contributed by atoms with Crippen molar-refractivity contribution in [2.24, 2.45) is 5.73 Å². The molecule has 18 heavy (non-hydrogen) atoms. The highest BCUT2D eigenvalue weighted by Crippen LogP contribution is 2.36. The molecule has 0 radical (unpaired) electrons. The Morgan fingerprint density at radius 1 is 1.22 bits per heavy atom. The third-order valence-corrected chi connectivity index (χ3v) is 3.59. The maximum absolute atomic E-state index is 13.3. The molecule has 0 aromatic heterocycles. The monoisotopic (exact) mass is 254 g/mol. The molecular weight excluding hydrogens is 234 g/mol. The van der Waals surface area contributed by atoms with E-state index in [4.69, 9.17) is 5.73 Å². The van der Waals surface area contributed by atoms with Crippen molar-refractivity contribution in [2.45, 2.75) is 44.8 Å². The van der Waals surface area contributed by atoms with Gasteiger partial charge in [-0.1, -0.05) is 6.07 Å². The molecule has 2 N–H and O–H groups in total. The molecule has 1 fully saturated rings. The van der Waals surface area contributed by atoms with Crippen LogP contribution in [0.2, 0.25) is 0 Å². The van der Waals surface area contributed by atoms with Crippen molar-refractivity contribution in [3.8, 4) is 0 Å². The molecule has 0 aliphatic carbocycles. The first-order valence-corrected chi connectivity index (χ1v) is 6.28. The van der Waals surface area contributed by atoms with E-state index in [0.717, 1.165) is 18.5 Å². The molecule has 0 bridgehead atoms. The fraction of sp³-hybridized carbons (Fsp3) is 0.571. The SMILES string of the molecule is CC(C)(C)N1CCC(N)C1c1ccc(F)c(F)c1. The van der Waals surface area contributed by atoms with Crippen molar-refractivity contribution in [3.05, 3.63) is 35.4 Å². The minimum atomic E-state index is -0.812. The summed E-state index contributed by atoms with van der Waals surface area (Å²) in [6.45, 7) is 7.21. The molecule has 1 aliphatic heterocycles. The number of halogens is 2. The minimum Gasteiger partial charge on any atom is -0.326 e. The Kier molecular flexibility index (Phi) is 3.43. The lowest BCUT2D eigenvalue weighted by molar-refractivity contribution is 0.117. The standard InChI is InChI=1S/C14H20F2N2/c1-14(2,3)18-7-6-12(17)13(18)9-4-5-10(15)11(16)8-9/h4-5,8,12-13H,6-7,17H2,1-3H3. The summed E-state index contributed by atoms with van der Waals surface area (Å²) in [6, 6.07) is 4.00. The lowest BCUT2D eigenvalue weighted by atomic mass is 9.97. The summed E-state index contributed by atoms with van der Waals surface area (Å²) < 4.78 is 26.3. The van der Waals surface area contributed by atoms with E-state index in [2.05, 4.69) is 25.7 Å². The first-order valence-electron chi connectivity index (χ1n) is 6.28. The van der Waals surface area contributed by atoms with Crippen molar-refractivity contribution in [2.75, 3.05) is 6.54 Å². The fourth-order valence-corrected chi connectivity index (χ4v) is 2.69. The average molecular weight is 254 g/mol. The van der Waals surface area contributed by atoms with Crippen molar-refractivity contribution in [3.63, 3.8) is 0 Å². The van der Waals surface area contributed by atoms with Crippen molar-refractivity contribution >= 4 is 0 Å². The molecule has 0 spiro atoms. The molecule has 2 atom stereocenters. The molecule has 1 saturated heterocycles. The van der Waals surface area contributed by atoms with Gasteiger partial charge in [-0.2, -0.15) is 0 Å². The van der Waals surface area contributed by atoms with E-state index >= 15 is 0 Å². The van der Waals surface area contributed by atoms with E-state index in [1.807, 2.05) is 0 Å². The molecule has 0 saturated carbocycles. The van der Waals surface area contributed by atoms with Gasteiger partial charge in [-0.05, 0) is 44.9 Å². The Hall–Kier alpha value is -1.00. The third-order valence-electron chi connectivity index (χ3n) is 3.59. The van der Waals surface area contributed by atoms with Crippen LogP contribution in [-0.2, 0) is 0 Å². The zero-order valence-electron chi connectivity index (χ0n) is 11.1. The number of likely N-dealkylation sites (tertiary alicyclic amines) is 1. The molecule has 1 aromatic carbocycles. The summed E-state index contributed by atoms with van der Waals surface area (Å²) in [7, 11) is 0. The van der Waals surface area contributed by atoms with Gasteiger partial charge in [0.25, 0.3) is 0 Å². The first-order chi connectivity index (χ1) is 8.30. The lowest BCUT2D eigenvalue weighted by Crippen LogP contribution is -2.43. The van der Waals surface area contributed by atoms with Crippen molar-refractivity contribution in [1.29, 1.82) is 0 Å². The second-order valence-corrected chi connectivity index (χ2v) is 5.94. The Balaban J connectivity index is 2.37. The van der Waals surface area contributed by atoms with Crippen LogP contribution in [0.3, 0.4) is 0 Å². The molecule has 2 rings (SSSR count). The topological polar surface area (TPSA) is 29.3 Å². The van der Waals surface area contributed by atoms with Gasteiger partial charge in [0.15, 0.2) is 11.6 Å². The van der Waals surface area contributed by atoms with Gasteiger partial charge in [-0.3, -0.25) is 4.90 Å². The van der Waals surface area contributed by atoms with E-state index in [0.29, 0.717) is 0 Å². The van der Waals surface area contributed by atoms with Crippen LogP contribution >= 0.6 is 0 Å². The lowest BCUT2D eigenvalue weighted by Gasteiger charge is -2.38. The summed E-state index contributed by atoms with van der Waals surface area (Å²) in [4.78, 5) is 2.25. The van der Waals surface area contributed by atoms with Gasteiger partial charge in [0.1, 0.15) is 0 Å². The van der Waals surface area contributed by atoms with Gasteiger partial charge >= 0.3 is 0 Å². The van der Waals surface area contributed by atoms with Gasteiger partial charge in [0.05, 0.1) is 6.04 Å². The number of nitrogens with two attached hydrogens (primary N) is 1. The van der Waals surface area contributed by atoms with Crippen LogP contribution in [0.4, 0.5) is 8.78 Å². The number of nitrogens with zero attached hydrogens (tertiary/aromatic N) is 1. The highest BCUT2D eigenvalue weighted by molar-refractivity contribution is 5.24. The number of hydrogen-bond donors (Lipinski definition) is 1. The normalized spacial score (nSPS) is 25.7. The Morgan fingerprint density at radius 3 is 2.44 bits per heavy atom. The van der Waals surface area contributed by atoms with Crippen LogP contribution in [-0.4, -0.2) is 23.0 Å². The predicted octanol–water partition coefficient (Wildman–Crippen LogP) is 2.84. The van der Waals surface area contributed by atoms with E-state index in [1.54, 1.807) is 6.07 Å². The maximum Gasteiger partial charge on any atom is 0.159 e. The summed E-state index contributed by atoms with van der Waals surface area (Å²) >= 11 is 0. The highest BCUT2D eigenvalue weighted by Gasteiger charge is 2.38. The minimum absolute atomic E-state index is 0.0333. The van der Waals surface area contributed by atoms with Crippen LogP contribution in [0, 0.1) is 11.6 Å².